The molecule has 0 spiro atoms. The monoisotopic (exact) mass is 379 g/mol. The smallest absolute Gasteiger partial charge is 0.258 e. The van der Waals surface area contributed by atoms with Gasteiger partial charge >= 0.3 is 0 Å². The fourth-order valence-electron chi connectivity index (χ4n) is 3.09. The van der Waals surface area contributed by atoms with Crippen molar-refractivity contribution < 1.29 is 14.3 Å². The zero-order chi connectivity index (χ0) is 19.8. The standard InChI is InChI=1S/C22H25N3O3/c1-17-2-6-19(7-3-17)21(15-25-10-12-27-13-11-25)24-22(26)16-28-20-8-4-18(14-23)5-9-20/h2-9,21H,10-13,15-16H2,1H3,(H,24,26)/t21-/m1/s1. The lowest BCUT2D eigenvalue weighted by Gasteiger charge is -2.31. The first-order valence-electron chi connectivity index (χ1n) is 9.43. The molecule has 146 valence electrons. The van der Waals surface area contributed by atoms with E-state index in [1.807, 2.05) is 6.92 Å². The van der Waals surface area contributed by atoms with Gasteiger partial charge in [0.1, 0.15) is 5.75 Å². The van der Waals surface area contributed by atoms with Crippen LogP contribution >= 0.6 is 0 Å². The Kier molecular flexibility index (Phi) is 7.01. The summed E-state index contributed by atoms with van der Waals surface area (Å²) in [6, 6.07) is 16.9. The van der Waals surface area contributed by atoms with Crippen LogP contribution in [0.1, 0.15) is 22.7 Å². The number of nitriles is 1. The van der Waals surface area contributed by atoms with Gasteiger partial charge in [-0.05, 0) is 36.8 Å². The van der Waals surface area contributed by atoms with E-state index in [1.165, 1.54) is 5.56 Å². The summed E-state index contributed by atoms with van der Waals surface area (Å²) in [5, 5.41) is 11.9. The van der Waals surface area contributed by atoms with Gasteiger partial charge in [0.2, 0.25) is 0 Å². The average Bonchev–Trinajstić information content (AvgIpc) is 2.73. The summed E-state index contributed by atoms with van der Waals surface area (Å²) in [5.74, 6) is 0.386. The molecule has 28 heavy (non-hydrogen) atoms. The van der Waals surface area contributed by atoms with E-state index in [-0.39, 0.29) is 18.6 Å². The minimum absolute atomic E-state index is 0.0721. The van der Waals surface area contributed by atoms with E-state index in [1.54, 1.807) is 24.3 Å². The molecule has 2 aromatic rings. The largest absolute Gasteiger partial charge is 0.484 e. The molecule has 1 saturated heterocycles. The van der Waals surface area contributed by atoms with Crippen molar-refractivity contribution in [3.8, 4) is 11.8 Å². The number of hydrogen-bond acceptors (Lipinski definition) is 5. The van der Waals surface area contributed by atoms with Crippen molar-refractivity contribution in [3.63, 3.8) is 0 Å². The number of morpholine rings is 1. The van der Waals surface area contributed by atoms with Crippen LogP contribution in [0.5, 0.6) is 5.75 Å². The predicted molar refractivity (Wildman–Crippen MR) is 106 cm³/mol. The summed E-state index contributed by atoms with van der Waals surface area (Å²) in [6.07, 6.45) is 0. The van der Waals surface area contributed by atoms with Gasteiger partial charge in [-0.1, -0.05) is 29.8 Å². The molecule has 3 rings (SSSR count). The molecule has 0 aliphatic carbocycles. The third kappa shape index (κ3) is 5.81. The van der Waals surface area contributed by atoms with Crippen molar-refractivity contribution in [1.29, 1.82) is 5.26 Å². The van der Waals surface area contributed by atoms with Gasteiger partial charge in [0.05, 0.1) is 30.9 Å². The lowest BCUT2D eigenvalue weighted by molar-refractivity contribution is -0.124. The highest BCUT2D eigenvalue weighted by Crippen LogP contribution is 2.17. The van der Waals surface area contributed by atoms with Gasteiger partial charge in [-0.25, -0.2) is 0 Å². The van der Waals surface area contributed by atoms with Crippen molar-refractivity contribution in [1.82, 2.24) is 10.2 Å². The Bertz CT molecular complexity index is 806. The van der Waals surface area contributed by atoms with E-state index >= 15 is 0 Å². The van der Waals surface area contributed by atoms with Gasteiger partial charge in [-0.2, -0.15) is 5.26 Å². The maximum Gasteiger partial charge on any atom is 0.258 e. The molecule has 0 aromatic heterocycles. The molecule has 1 atom stereocenters. The van der Waals surface area contributed by atoms with Crippen molar-refractivity contribution in [3.05, 3.63) is 65.2 Å². The van der Waals surface area contributed by atoms with E-state index < -0.39 is 0 Å². The second kappa shape index (κ2) is 9.88. The number of nitrogens with one attached hydrogen (secondary N) is 1. The lowest BCUT2D eigenvalue weighted by atomic mass is 10.0. The molecule has 6 heteroatoms. The van der Waals surface area contributed by atoms with Crippen molar-refractivity contribution in [2.45, 2.75) is 13.0 Å². The van der Waals surface area contributed by atoms with Crippen LogP contribution in [0.15, 0.2) is 48.5 Å². The van der Waals surface area contributed by atoms with Crippen LogP contribution in [-0.4, -0.2) is 50.3 Å². The van der Waals surface area contributed by atoms with Crippen LogP contribution in [-0.2, 0) is 9.53 Å². The maximum absolute atomic E-state index is 12.5. The van der Waals surface area contributed by atoms with Crippen LogP contribution in [0.25, 0.3) is 0 Å². The van der Waals surface area contributed by atoms with Crippen LogP contribution in [0.2, 0.25) is 0 Å². The highest BCUT2D eigenvalue weighted by molar-refractivity contribution is 5.78. The Labute approximate surface area is 165 Å². The molecule has 0 bridgehead atoms. The Balaban J connectivity index is 1.61. The number of hydrogen-bond donors (Lipinski definition) is 1. The highest BCUT2D eigenvalue weighted by Gasteiger charge is 2.20. The first kappa shape index (κ1) is 19.9. The quantitative estimate of drug-likeness (QED) is 0.800. The van der Waals surface area contributed by atoms with Crippen molar-refractivity contribution >= 4 is 5.91 Å². The molecular weight excluding hydrogens is 354 g/mol. The fourth-order valence-corrected chi connectivity index (χ4v) is 3.09. The van der Waals surface area contributed by atoms with E-state index in [4.69, 9.17) is 14.7 Å². The summed E-state index contributed by atoms with van der Waals surface area (Å²) >= 11 is 0. The normalized spacial score (nSPS) is 15.4. The van der Waals surface area contributed by atoms with Gasteiger partial charge in [0.15, 0.2) is 6.61 Å². The third-order valence-electron chi connectivity index (χ3n) is 4.71. The lowest BCUT2D eigenvalue weighted by Crippen LogP contribution is -2.44. The summed E-state index contributed by atoms with van der Waals surface area (Å²) in [5.41, 5.74) is 2.81. The number of benzene rings is 2. The number of aryl methyl sites for hydroxylation is 1. The van der Waals surface area contributed by atoms with Gasteiger partial charge in [0.25, 0.3) is 5.91 Å². The first-order valence-corrected chi connectivity index (χ1v) is 9.43. The zero-order valence-electron chi connectivity index (χ0n) is 16.1. The van der Waals surface area contributed by atoms with Crippen LogP contribution in [0.3, 0.4) is 0 Å². The molecule has 1 heterocycles. The fraction of sp³-hybridized carbons (Fsp3) is 0.364. The molecule has 1 aliphatic rings. The van der Waals surface area contributed by atoms with Gasteiger partial charge in [-0.15, -0.1) is 0 Å². The third-order valence-corrected chi connectivity index (χ3v) is 4.71. The summed E-state index contributed by atoms with van der Waals surface area (Å²) in [7, 11) is 0. The second-order valence-electron chi connectivity index (χ2n) is 6.87. The minimum Gasteiger partial charge on any atom is -0.484 e. The first-order chi connectivity index (χ1) is 13.6. The average molecular weight is 379 g/mol. The maximum atomic E-state index is 12.5. The Hall–Kier alpha value is -2.88. The van der Waals surface area contributed by atoms with Gasteiger partial charge in [0, 0.05) is 19.6 Å². The van der Waals surface area contributed by atoms with E-state index in [9.17, 15) is 4.79 Å². The Morgan fingerprint density at radius 1 is 1.18 bits per heavy atom. The molecule has 1 N–H and O–H groups in total. The number of carbonyl (C=O) groups excluding carboxylic acids is 1. The molecule has 1 fully saturated rings. The molecular formula is C22H25N3O3. The Morgan fingerprint density at radius 2 is 1.86 bits per heavy atom. The number of rotatable bonds is 7. The predicted octanol–water partition coefficient (Wildman–Crippen LogP) is 2.44. The van der Waals surface area contributed by atoms with Gasteiger partial charge in [-0.3, -0.25) is 9.69 Å². The van der Waals surface area contributed by atoms with Crippen molar-refractivity contribution in [2.75, 3.05) is 39.5 Å². The molecule has 6 nitrogen and oxygen atoms in total. The van der Waals surface area contributed by atoms with Crippen LogP contribution in [0, 0.1) is 18.3 Å². The van der Waals surface area contributed by atoms with E-state index in [0.29, 0.717) is 11.3 Å². The van der Waals surface area contributed by atoms with E-state index in [0.717, 1.165) is 38.4 Å². The minimum atomic E-state index is -0.178. The number of ether oxygens (including phenoxy) is 2. The van der Waals surface area contributed by atoms with Crippen LogP contribution < -0.4 is 10.1 Å². The number of amides is 1. The zero-order valence-corrected chi connectivity index (χ0v) is 16.1. The topological polar surface area (TPSA) is 74.6 Å². The summed E-state index contributed by atoms with van der Waals surface area (Å²) < 4.78 is 11.0. The number of carbonyl (C=O) groups is 1. The Morgan fingerprint density at radius 3 is 2.50 bits per heavy atom. The highest BCUT2D eigenvalue weighted by atomic mass is 16.5. The molecule has 0 unspecified atom stereocenters. The SMILES string of the molecule is Cc1ccc([C@@H](CN2CCOCC2)NC(=O)COc2ccc(C#N)cc2)cc1. The van der Waals surface area contributed by atoms with Crippen molar-refractivity contribution in [2.24, 2.45) is 0 Å². The van der Waals surface area contributed by atoms with Gasteiger partial charge < -0.3 is 14.8 Å². The number of nitrogens with zero attached hydrogens (tertiary/aromatic N) is 2. The van der Waals surface area contributed by atoms with Crippen LogP contribution in [0.4, 0.5) is 0 Å². The van der Waals surface area contributed by atoms with E-state index in [2.05, 4.69) is 40.6 Å². The summed E-state index contributed by atoms with van der Waals surface area (Å²) in [4.78, 5) is 14.8. The molecule has 0 radical (unpaired) electrons. The molecule has 1 amide bonds. The molecule has 0 saturated carbocycles. The second-order valence-corrected chi connectivity index (χ2v) is 6.87. The summed E-state index contributed by atoms with van der Waals surface area (Å²) in [6.45, 7) is 5.86. The molecule has 1 aliphatic heterocycles. The molecule has 2 aromatic carbocycles.